The highest BCUT2D eigenvalue weighted by molar-refractivity contribution is 8.13. The van der Waals surface area contributed by atoms with Crippen LogP contribution >= 0.6 is 23.4 Å². The highest BCUT2D eigenvalue weighted by Crippen LogP contribution is 2.28. The normalized spacial score (nSPS) is 25.0. The molecule has 0 saturated carbocycles. The van der Waals surface area contributed by atoms with Crippen molar-refractivity contribution in [2.45, 2.75) is 38.4 Å². The highest BCUT2D eigenvalue weighted by Gasteiger charge is 2.48. The topological polar surface area (TPSA) is 65.0 Å². The molecule has 0 bridgehead atoms. The van der Waals surface area contributed by atoms with Crippen molar-refractivity contribution in [2.24, 2.45) is 4.99 Å². The maximum atomic E-state index is 12.2. The zero-order chi connectivity index (χ0) is 15.4. The van der Waals surface area contributed by atoms with Crippen molar-refractivity contribution < 1.29 is 9.59 Å². The Labute approximate surface area is 134 Å². The summed E-state index contributed by atoms with van der Waals surface area (Å²) >= 11 is 7.30. The van der Waals surface area contributed by atoms with E-state index in [-0.39, 0.29) is 11.9 Å². The second-order valence-corrected chi connectivity index (χ2v) is 6.55. The van der Waals surface area contributed by atoms with Crippen LogP contribution in [0.3, 0.4) is 0 Å². The minimum Gasteiger partial charge on any atom is -0.336 e. The zero-order valence-electron chi connectivity index (χ0n) is 12.3. The fourth-order valence-corrected chi connectivity index (χ4v) is 3.56. The number of nitrogens with zero attached hydrogens (tertiary/aromatic N) is 3. The van der Waals surface area contributed by atoms with Crippen LogP contribution in [-0.2, 0) is 4.79 Å². The summed E-state index contributed by atoms with van der Waals surface area (Å²) in [5.41, 5.74) is 0. The average molecular weight is 333 g/mol. The van der Waals surface area contributed by atoms with Crippen LogP contribution in [0.1, 0.15) is 26.2 Å². The van der Waals surface area contributed by atoms with Gasteiger partial charge in [0.1, 0.15) is 0 Å². The summed E-state index contributed by atoms with van der Waals surface area (Å²) in [5, 5.41) is 3.21. The number of imide groups is 1. The lowest BCUT2D eigenvalue weighted by atomic mass is 10.1. The quantitative estimate of drug-likeness (QED) is 0.594. The van der Waals surface area contributed by atoms with Gasteiger partial charge in [0.2, 0.25) is 0 Å². The van der Waals surface area contributed by atoms with E-state index in [0.717, 1.165) is 36.7 Å². The smallest absolute Gasteiger partial charge is 0.325 e. The number of carbonyl (C=O) groups is 2. The van der Waals surface area contributed by atoms with Crippen molar-refractivity contribution in [2.75, 3.05) is 25.2 Å². The van der Waals surface area contributed by atoms with Crippen LogP contribution in [0.2, 0.25) is 0 Å². The first-order valence-corrected chi connectivity index (χ1v) is 8.73. The van der Waals surface area contributed by atoms with Crippen molar-refractivity contribution in [3.8, 4) is 0 Å². The maximum absolute atomic E-state index is 12.2. The number of thioether (sulfide) groups is 1. The molecule has 2 rings (SSSR count). The van der Waals surface area contributed by atoms with Gasteiger partial charge in [-0.15, -0.1) is 11.6 Å². The number of amides is 3. The standard InChI is InChI=1S/C13H21ClN4O2S/c1-3-4-5-7-18-9-10(15-13(18)21-8-6-14)17(2)12(20)16-11(9)19/h9-10H,3-8H2,1-2H3,(H,16,19,20). The molecule has 21 heavy (non-hydrogen) atoms. The fraction of sp³-hybridized carbons (Fsp3) is 0.769. The van der Waals surface area contributed by atoms with Gasteiger partial charge in [-0.1, -0.05) is 31.5 Å². The van der Waals surface area contributed by atoms with Crippen LogP contribution in [0.5, 0.6) is 0 Å². The summed E-state index contributed by atoms with van der Waals surface area (Å²) in [6.45, 7) is 2.92. The molecule has 2 aliphatic heterocycles. The van der Waals surface area contributed by atoms with E-state index in [1.165, 1.54) is 4.90 Å². The van der Waals surface area contributed by atoms with Gasteiger partial charge >= 0.3 is 6.03 Å². The minimum absolute atomic E-state index is 0.259. The van der Waals surface area contributed by atoms with Gasteiger partial charge in [0.25, 0.3) is 5.91 Å². The molecule has 0 aromatic rings. The van der Waals surface area contributed by atoms with Crippen molar-refractivity contribution in [3.63, 3.8) is 0 Å². The molecule has 6 nitrogen and oxygen atoms in total. The van der Waals surface area contributed by atoms with E-state index < -0.39 is 12.2 Å². The van der Waals surface area contributed by atoms with Gasteiger partial charge in [0, 0.05) is 25.2 Å². The molecule has 0 aromatic carbocycles. The van der Waals surface area contributed by atoms with Crippen LogP contribution in [0.4, 0.5) is 4.79 Å². The van der Waals surface area contributed by atoms with Crippen LogP contribution < -0.4 is 5.32 Å². The first-order valence-electron chi connectivity index (χ1n) is 7.21. The van der Waals surface area contributed by atoms with Crippen molar-refractivity contribution in [3.05, 3.63) is 0 Å². The van der Waals surface area contributed by atoms with E-state index in [4.69, 9.17) is 11.6 Å². The van der Waals surface area contributed by atoms with Gasteiger partial charge in [-0.3, -0.25) is 10.1 Å². The van der Waals surface area contributed by atoms with E-state index in [1.54, 1.807) is 18.8 Å². The molecule has 3 amide bonds. The van der Waals surface area contributed by atoms with Crippen molar-refractivity contribution in [1.29, 1.82) is 0 Å². The molecule has 1 saturated heterocycles. The summed E-state index contributed by atoms with van der Waals surface area (Å²) < 4.78 is 0. The first kappa shape index (κ1) is 16.4. The van der Waals surface area contributed by atoms with E-state index in [9.17, 15) is 9.59 Å². The predicted molar refractivity (Wildman–Crippen MR) is 85.7 cm³/mol. The number of likely N-dealkylation sites (N-methyl/N-ethyl adjacent to an activating group) is 1. The summed E-state index contributed by atoms with van der Waals surface area (Å²) in [4.78, 5) is 32.0. The number of rotatable bonds is 6. The van der Waals surface area contributed by atoms with Gasteiger partial charge in [-0.25, -0.2) is 9.79 Å². The number of aliphatic imine (C=N–C) groups is 1. The molecule has 8 heteroatoms. The third-order valence-electron chi connectivity index (χ3n) is 3.63. The Balaban J connectivity index is 2.16. The van der Waals surface area contributed by atoms with E-state index in [2.05, 4.69) is 17.2 Å². The van der Waals surface area contributed by atoms with Gasteiger partial charge in [-0.05, 0) is 6.42 Å². The summed E-state index contributed by atoms with van der Waals surface area (Å²) in [5.74, 6) is 1.01. The monoisotopic (exact) mass is 332 g/mol. The lowest BCUT2D eigenvalue weighted by Gasteiger charge is -2.36. The predicted octanol–water partition coefficient (Wildman–Crippen LogP) is 1.70. The Bertz CT molecular complexity index is 446. The molecule has 0 aromatic heterocycles. The SMILES string of the molecule is CCCCCN1C(SCCCl)=NC2C1C(=O)NC(=O)N2C. The number of carbonyl (C=O) groups excluding carboxylic acids is 2. The van der Waals surface area contributed by atoms with E-state index in [0.29, 0.717) is 5.88 Å². The van der Waals surface area contributed by atoms with Crippen molar-refractivity contribution in [1.82, 2.24) is 15.1 Å². The molecule has 0 aliphatic carbocycles. The number of halogens is 1. The van der Waals surface area contributed by atoms with Gasteiger partial charge in [-0.2, -0.15) is 0 Å². The van der Waals surface area contributed by atoms with Crippen LogP contribution in [0.15, 0.2) is 4.99 Å². The maximum Gasteiger partial charge on any atom is 0.325 e. The number of urea groups is 1. The molecule has 2 unspecified atom stereocenters. The highest BCUT2D eigenvalue weighted by atomic mass is 35.5. The van der Waals surface area contributed by atoms with Gasteiger partial charge in [0.15, 0.2) is 17.4 Å². The number of fused-ring (bicyclic) bond motifs is 1. The minimum atomic E-state index is -0.425. The molecule has 118 valence electrons. The summed E-state index contributed by atoms with van der Waals surface area (Å²) in [7, 11) is 1.67. The number of hydrogen-bond acceptors (Lipinski definition) is 5. The third-order valence-corrected chi connectivity index (χ3v) is 5.05. The molecule has 2 aliphatic rings. The Morgan fingerprint density at radius 1 is 1.38 bits per heavy atom. The van der Waals surface area contributed by atoms with E-state index >= 15 is 0 Å². The molecule has 2 atom stereocenters. The lowest BCUT2D eigenvalue weighted by molar-refractivity contribution is -0.127. The molecular weight excluding hydrogens is 312 g/mol. The van der Waals surface area contributed by atoms with Crippen molar-refractivity contribution >= 4 is 40.5 Å². The third kappa shape index (κ3) is 3.45. The molecule has 1 fully saturated rings. The Morgan fingerprint density at radius 2 is 2.14 bits per heavy atom. The Morgan fingerprint density at radius 3 is 2.81 bits per heavy atom. The van der Waals surface area contributed by atoms with Gasteiger partial charge < -0.3 is 9.80 Å². The number of nitrogens with one attached hydrogen (secondary N) is 1. The number of hydrogen-bond donors (Lipinski definition) is 1. The molecule has 0 radical (unpaired) electrons. The number of alkyl halides is 1. The Hall–Kier alpha value is -0.950. The summed E-state index contributed by atoms with van der Waals surface area (Å²) in [6, 6.07) is -0.801. The van der Waals surface area contributed by atoms with E-state index in [1.807, 2.05) is 4.90 Å². The van der Waals surface area contributed by atoms with Crippen LogP contribution in [0, 0.1) is 0 Å². The molecule has 2 heterocycles. The zero-order valence-corrected chi connectivity index (χ0v) is 13.9. The van der Waals surface area contributed by atoms with Gasteiger partial charge in [0.05, 0.1) is 0 Å². The second kappa shape index (κ2) is 7.35. The largest absolute Gasteiger partial charge is 0.336 e. The molecular formula is C13H21ClN4O2S. The number of amidine groups is 1. The Kier molecular flexibility index (Phi) is 5.75. The van der Waals surface area contributed by atoms with Crippen LogP contribution in [-0.4, -0.2) is 64.3 Å². The van der Waals surface area contributed by atoms with Crippen LogP contribution in [0.25, 0.3) is 0 Å². The number of unbranched alkanes of at least 4 members (excludes halogenated alkanes) is 2. The molecule has 0 spiro atoms. The first-order chi connectivity index (χ1) is 10.1. The molecule has 1 N–H and O–H groups in total. The summed E-state index contributed by atoms with van der Waals surface area (Å²) in [6.07, 6.45) is 2.81. The average Bonchev–Trinajstić information content (AvgIpc) is 2.82. The second-order valence-electron chi connectivity index (χ2n) is 5.11. The lowest BCUT2D eigenvalue weighted by Crippen LogP contribution is -2.63. The fourth-order valence-electron chi connectivity index (χ4n) is 2.52.